The van der Waals surface area contributed by atoms with Crippen molar-refractivity contribution in [3.8, 4) is 17.1 Å². The molecule has 1 fully saturated rings. The fraction of sp³-hybridized carbons (Fsp3) is 0.375. The fourth-order valence-corrected chi connectivity index (χ4v) is 2.65. The molecule has 0 radical (unpaired) electrons. The lowest BCUT2D eigenvalue weighted by molar-refractivity contribution is -0.274. The zero-order valence-corrected chi connectivity index (χ0v) is 13.3. The van der Waals surface area contributed by atoms with Crippen molar-refractivity contribution in [1.82, 2.24) is 15.6 Å². The summed E-state index contributed by atoms with van der Waals surface area (Å²) in [5.41, 5.74) is 0.324. The van der Waals surface area contributed by atoms with Gasteiger partial charge in [-0.2, -0.15) is 0 Å². The molecule has 1 saturated heterocycles. The Labute approximate surface area is 141 Å². The number of ether oxygens (including phenoxy) is 1. The van der Waals surface area contributed by atoms with Crippen LogP contribution in [0.15, 0.2) is 34.9 Å². The Hall–Kier alpha value is -2.55. The minimum absolute atomic E-state index is 0.0126. The van der Waals surface area contributed by atoms with Crippen LogP contribution in [0.25, 0.3) is 11.3 Å². The first-order valence-electron chi connectivity index (χ1n) is 7.66. The molecule has 0 spiro atoms. The number of alkyl halides is 3. The maximum absolute atomic E-state index is 12.3. The molecule has 2 heterocycles. The average Bonchev–Trinajstić information content (AvgIpc) is 3.15. The van der Waals surface area contributed by atoms with E-state index in [2.05, 4.69) is 20.4 Å². The van der Waals surface area contributed by atoms with E-state index in [9.17, 15) is 18.0 Å². The summed E-state index contributed by atoms with van der Waals surface area (Å²) < 4.78 is 46.1. The van der Waals surface area contributed by atoms with Gasteiger partial charge in [0.05, 0.1) is 6.20 Å². The lowest BCUT2D eigenvalue weighted by Gasteiger charge is -2.09. The summed E-state index contributed by atoms with van der Waals surface area (Å²) in [5.74, 6) is -0.805. The highest BCUT2D eigenvalue weighted by Crippen LogP contribution is 2.28. The molecule has 1 amide bonds. The topological polar surface area (TPSA) is 76.4 Å². The van der Waals surface area contributed by atoms with Crippen LogP contribution in [0, 0.1) is 0 Å². The van der Waals surface area contributed by atoms with Gasteiger partial charge in [0.15, 0.2) is 5.76 Å². The number of nitrogens with one attached hydrogen (secondary N) is 2. The van der Waals surface area contributed by atoms with Gasteiger partial charge in [0.2, 0.25) is 0 Å². The SMILES string of the molecule is C[C@@H]1C[C@@H](NC(=O)c2ncc(-c3cccc(OC(F)(F)F)c3)o2)CN1. The molecule has 0 bridgehead atoms. The van der Waals surface area contributed by atoms with Crippen LogP contribution in [0.1, 0.15) is 24.0 Å². The Bertz CT molecular complexity index is 760. The number of nitrogens with zero attached hydrogens (tertiary/aromatic N) is 1. The number of hydrogen-bond donors (Lipinski definition) is 2. The first-order chi connectivity index (χ1) is 11.8. The summed E-state index contributed by atoms with van der Waals surface area (Å²) in [4.78, 5) is 16.0. The Balaban J connectivity index is 1.70. The molecule has 2 atom stereocenters. The molecule has 134 valence electrons. The Morgan fingerprint density at radius 1 is 1.44 bits per heavy atom. The number of amides is 1. The molecule has 2 N–H and O–H groups in total. The van der Waals surface area contributed by atoms with Crippen LogP contribution in [-0.4, -0.2) is 35.9 Å². The normalized spacial score (nSPS) is 20.5. The molecule has 1 aromatic heterocycles. The molecule has 6 nitrogen and oxygen atoms in total. The van der Waals surface area contributed by atoms with Crippen LogP contribution in [-0.2, 0) is 0 Å². The van der Waals surface area contributed by atoms with Crippen molar-refractivity contribution in [1.29, 1.82) is 0 Å². The van der Waals surface area contributed by atoms with E-state index in [1.165, 1.54) is 24.4 Å². The number of aromatic nitrogens is 1. The number of halogens is 3. The standard InChI is InChI=1S/C16H16F3N3O3/c1-9-5-11(7-20-9)22-14(23)15-21-8-13(24-15)10-3-2-4-12(6-10)25-16(17,18)19/h2-4,6,8-9,11,20H,5,7H2,1H3,(H,22,23)/t9-,11-/m1/s1. The van der Waals surface area contributed by atoms with Gasteiger partial charge in [-0.3, -0.25) is 4.79 Å². The third-order valence-electron chi connectivity index (χ3n) is 3.74. The van der Waals surface area contributed by atoms with Gasteiger partial charge < -0.3 is 19.8 Å². The lowest BCUT2D eigenvalue weighted by Crippen LogP contribution is -2.36. The quantitative estimate of drug-likeness (QED) is 0.882. The molecule has 1 aliphatic heterocycles. The van der Waals surface area contributed by atoms with Gasteiger partial charge in [-0.25, -0.2) is 4.98 Å². The summed E-state index contributed by atoms with van der Waals surface area (Å²) in [5, 5.41) is 6.01. The maximum atomic E-state index is 12.3. The number of oxazole rings is 1. The van der Waals surface area contributed by atoms with Gasteiger partial charge in [0, 0.05) is 24.2 Å². The molecule has 1 aromatic carbocycles. The Morgan fingerprint density at radius 3 is 2.92 bits per heavy atom. The zero-order valence-electron chi connectivity index (χ0n) is 13.3. The molecule has 0 aliphatic carbocycles. The molecular weight excluding hydrogens is 339 g/mol. The van der Waals surface area contributed by atoms with Gasteiger partial charge in [0.25, 0.3) is 5.89 Å². The van der Waals surface area contributed by atoms with E-state index in [1.54, 1.807) is 0 Å². The van der Waals surface area contributed by atoms with Crippen molar-refractivity contribution < 1.29 is 27.1 Å². The number of rotatable bonds is 4. The van der Waals surface area contributed by atoms with Gasteiger partial charge in [-0.05, 0) is 25.5 Å². The first kappa shape index (κ1) is 17.3. The Morgan fingerprint density at radius 2 is 2.24 bits per heavy atom. The first-order valence-corrected chi connectivity index (χ1v) is 7.66. The second-order valence-corrected chi connectivity index (χ2v) is 5.82. The Kier molecular flexibility index (Phi) is 4.67. The third-order valence-corrected chi connectivity index (χ3v) is 3.74. The van der Waals surface area contributed by atoms with Crippen LogP contribution in [0.2, 0.25) is 0 Å². The lowest BCUT2D eigenvalue weighted by atomic mass is 10.2. The largest absolute Gasteiger partial charge is 0.573 e. The summed E-state index contributed by atoms with van der Waals surface area (Å²) in [6.45, 7) is 2.68. The predicted octanol–water partition coefficient (Wildman–Crippen LogP) is 2.72. The van der Waals surface area contributed by atoms with Crippen molar-refractivity contribution >= 4 is 5.91 Å². The second kappa shape index (κ2) is 6.75. The summed E-state index contributed by atoms with van der Waals surface area (Å²) >= 11 is 0. The number of carbonyl (C=O) groups excluding carboxylic acids is 1. The molecule has 1 aliphatic rings. The van der Waals surface area contributed by atoms with Gasteiger partial charge >= 0.3 is 12.3 Å². The highest BCUT2D eigenvalue weighted by atomic mass is 19.4. The number of hydrogen-bond acceptors (Lipinski definition) is 5. The molecule has 9 heteroatoms. The van der Waals surface area contributed by atoms with Crippen molar-refractivity contribution in [2.24, 2.45) is 0 Å². The van der Waals surface area contributed by atoms with E-state index in [0.717, 1.165) is 12.5 Å². The minimum atomic E-state index is -4.78. The molecule has 2 aromatic rings. The van der Waals surface area contributed by atoms with Gasteiger partial charge in [-0.15, -0.1) is 13.2 Å². The van der Waals surface area contributed by atoms with Crippen LogP contribution in [0.4, 0.5) is 13.2 Å². The van der Waals surface area contributed by atoms with Crippen LogP contribution in [0.3, 0.4) is 0 Å². The summed E-state index contributed by atoms with van der Waals surface area (Å²) in [6, 6.07) is 5.58. The van der Waals surface area contributed by atoms with Gasteiger partial charge in [0.1, 0.15) is 5.75 Å². The van der Waals surface area contributed by atoms with Gasteiger partial charge in [-0.1, -0.05) is 12.1 Å². The molecule has 25 heavy (non-hydrogen) atoms. The molecular formula is C16H16F3N3O3. The highest BCUT2D eigenvalue weighted by Gasteiger charge is 2.31. The molecule has 0 unspecified atom stereocenters. The van der Waals surface area contributed by atoms with Crippen LogP contribution in [0.5, 0.6) is 5.75 Å². The van der Waals surface area contributed by atoms with E-state index in [0.29, 0.717) is 18.2 Å². The zero-order chi connectivity index (χ0) is 18.0. The fourth-order valence-electron chi connectivity index (χ4n) is 2.65. The van der Waals surface area contributed by atoms with E-state index in [1.807, 2.05) is 6.92 Å². The number of carbonyl (C=O) groups is 1. The molecule has 3 rings (SSSR count). The van der Waals surface area contributed by atoms with E-state index < -0.39 is 12.3 Å². The van der Waals surface area contributed by atoms with E-state index >= 15 is 0 Å². The minimum Gasteiger partial charge on any atom is -0.432 e. The van der Waals surface area contributed by atoms with Crippen molar-refractivity contribution in [2.75, 3.05) is 6.54 Å². The summed E-state index contributed by atoms with van der Waals surface area (Å²) in [7, 11) is 0. The van der Waals surface area contributed by atoms with Crippen molar-refractivity contribution in [3.05, 3.63) is 36.4 Å². The predicted molar refractivity (Wildman–Crippen MR) is 82.0 cm³/mol. The van der Waals surface area contributed by atoms with Crippen molar-refractivity contribution in [2.45, 2.75) is 31.8 Å². The highest BCUT2D eigenvalue weighted by molar-refractivity contribution is 5.90. The average molecular weight is 355 g/mol. The monoisotopic (exact) mass is 355 g/mol. The van der Waals surface area contributed by atoms with E-state index in [4.69, 9.17) is 4.42 Å². The molecule has 0 saturated carbocycles. The summed E-state index contributed by atoms with van der Waals surface area (Å²) in [6.07, 6.45) is -2.69. The van der Waals surface area contributed by atoms with Crippen LogP contribution >= 0.6 is 0 Å². The van der Waals surface area contributed by atoms with E-state index in [-0.39, 0.29) is 23.4 Å². The third kappa shape index (κ3) is 4.50. The van der Waals surface area contributed by atoms with Crippen molar-refractivity contribution in [3.63, 3.8) is 0 Å². The van der Waals surface area contributed by atoms with Crippen LogP contribution < -0.4 is 15.4 Å². The second-order valence-electron chi connectivity index (χ2n) is 5.82. The smallest absolute Gasteiger partial charge is 0.432 e. The number of benzene rings is 1. The maximum Gasteiger partial charge on any atom is 0.573 e.